The van der Waals surface area contributed by atoms with Crippen LogP contribution in [0.25, 0.3) is 0 Å². The van der Waals surface area contributed by atoms with Crippen LogP contribution in [0.2, 0.25) is 0 Å². The van der Waals surface area contributed by atoms with Crippen molar-refractivity contribution in [2.24, 2.45) is 0 Å². The largest absolute Gasteiger partial charge is 0.493 e. The van der Waals surface area contributed by atoms with Crippen molar-refractivity contribution in [1.82, 2.24) is 5.32 Å². The number of allylic oxidation sites excluding steroid dienone is 3. The number of hydrogen-bond acceptors (Lipinski definition) is 7. The number of carbonyl (C=O) groups is 2. The van der Waals surface area contributed by atoms with E-state index in [2.05, 4.69) is 5.32 Å². The zero-order valence-electron chi connectivity index (χ0n) is 22.3. The van der Waals surface area contributed by atoms with Crippen molar-refractivity contribution < 1.29 is 28.5 Å². The fourth-order valence-corrected chi connectivity index (χ4v) is 5.25. The molecule has 0 saturated heterocycles. The molecule has 0 bridgehead atoms. The van der Waals surface area contributed by atoms with E-state index in [1.807, 2.05) is 63.2 Å². The molecule has 2 atom stereocenters. The molecular formula is C30H35NO6. The molecule has 4 rings (SSSR count). The summed E-state index contributed by atoms with van der Waals surface area (Å²) in [5.41, 5.74) is 4.33. The molecule has 196 valence electrons. The number of nitrogens with one attached hydrogen (secondary N) is 1. The number of methoxy groups -OCH3 is 2. The normalized spacial score (nSPS) is 19.4. The van der Waals surface area contributed by atoms with Gasteiger partial charge < -0.3 is 24.3 Å². The number of para-hydroxylation sites is 1. The molecule has 1 aliphatic heterocycles. The van der Waals surface area contributed by atoms with Gasteiger partial charge in [-0.1, -0.05) is 24.3 Å². The van der Waals surface area contributed by atoms with Crippen LogP contribution in [0, 0.1) is 0 Å². The van der Waals surface area contributed by atoms with Crippen LogP contribution in [0.3, 0.4) is 0 Å². The Morgan fingerprint density at radius 3 is 2.43 bits per heavy atom. The lowest BCUT2D eigenvalue weighted by molar-refractivity contribution is -0.138. The van der Waals surface area contributed by atoms with Gasteiger partial charge in [-0.3, -0.25) is 4.79 Å². The predicted molar refractivity (Wildman–Crippen MR) is 141 cm³/mol. The van der Waals surface area contributed by atoms with Crippen molar-refractivity contribution in [2.45, 2.75) is 58.5 Å². The topological polar surface area (TPSA) is 83.1 Å². The van der Waals surface area contributed by atoms with E-state index < -0.39 is 11.9 Å². The minimum absolute atomic E-state index is 0.00724. The molecule has 0 unspecified atom stereocenters. The first kappa shape index (κ1) is 26.3. The molecule has 0 saturated carbocycles. The van der Waals surface area contributed by atoms with Crippen LogP contribution < -0.4 is 19.5 Å². The van der Waals surface area contributed by atoms with Crippen molar-refractivity contribution in [3.05, 3.63) is 76.1 Å². The fraction of sp³-hybridized carbons (Fsp3) is 0.400. The van der Waals surface area contributed by atoms with Crippen LogP contribution in [-0.2, 0) is 14.3 Å². The van der Waals surface area contributed by atoms with Crippen LogP contribution in [0.5, 0.6) is 17.2 Å². The summed E-state index contributed by atoms with van der Waals surface area (Å²) in [6.45, 7) is 7.79. The Kier molecular flexibility index (Phi) is 7.91. The Morgan fingerprint density at radius 1 is 1.03 bits per heavy atom. The molecule has 7 heteroatoms. The molecule has 0 spiro atoms. The van der Waals surface area contributed by atoms with E-state index >= 15 is 0 Å². The van der Waals surface area contributed by atoms with Crippen LogP contribution in [0.4, 0.5) is 0 Å². The molecular weight excluding hydrogens is 470 g/mol. The third-order valence-electron chi connectivity index (χ3n) is 6.79. The minimum atomic E-state index is -0.580. The van der Waals surface area contributed by atoms with Gasteiger partial charge in [0, 0.05) is 29.0 Å². The maximum Gasteiger partial charge on any atom is 0.336 e. The minimum Gasteiger partial charge on any atom is -0.493 e. The number of carbonyl (C=O) groups excluding carboxylic acids is 2. The van der Waals surface area contributed by atoms with E-state index in [0.717, 1.165) is 16.8 Å². The van der Waals surface area contributed by atoms with Crippen molar-refractivity contribution in [3.8, 4) is 17.2 Å². The fourth-order valence-electron chi connectivity index (χ4n) is 5.25. The molecule has 1 heterocycles. The van der Waals surface area contributed by atoms with Gasteiger partial charge in [0.15, 0.2) is 17.3 Å². The lowest BCUT2D eigenvalue weighted by Crippen LogP contribution is -2.36. The number of dihydropyridines is 1. The number of benzene rings is 2. The van der Waals surface area contributed by atoms with Crippen LogP contribution >= 0.6 is 0 Å². The average molecular weight is 506 g/mol. The Morgan fingerprint density at radius 2 is 1.76 bits per heavy atom. The van der Waals surface area contributed by atoms with Gasteiger partial charge in [0.1, 0.15) is 5.75 Å². The highest BCUT2D eigenvalue weighted by atomic mass is 16.5. The quantitative estimate of drug-likeness (QED) is 0.480. The van der Waals surface area contributed by atoms with Crippen LogP contribution in [-0.4, -0.2) is 38.7 Å². The Labute approximate surface area is 218 Å². The average Bonchev–Trinajstić information content (AvgIpc) is 2.87. The second-order valence-electron chi connectivity index (χ2n) is 9.56. The first-order valence-corrected chi connectivity index (χ1v) is 12.7. The maximum absolute atomic E-state index is 13.9. The standard InChI is InChI=1S/C30H35NO6/c1-7-36-30(33)27-18(4)31-22-14-20(19-12-13-25(34-5)26(16-19)35-6)15-23(32)29(22)28(27)21-10-8-9-11-24(21)37-17(2)3/h8-13,16-17,20,28,31H,7,14-15H2,1-6H3/t20-,28-/m1/s1. The number of esters is 1. The molecule has 0 aromatic heterocycles. The molecule has 1 aliphatic carbocycles. The monoisotopic (exact) mass is 505 g/mol. The maximum atomic E-state index is 13.9. The molecule has 7 nitrogen and oxygen atoms in total. The highest BCUT2D eigenvalue weighted by Gasteiger charge is 2.42. The van der Waals surface area contributed by atoms with Crippen molar-refractivity contribution in [3.63, 3.8) is 0 Å². The third-order valence-corrected chi connectivity index (χ3v) is 6.79. The van der Waals surface area contributed by atoms with E-state index in [1.165, 1.54) is 0 Å². The second-order valence-corrected chi connectivity index (χ2v) is 9.56. The molecule has 2 aromatic rings. The number of ketones is 1. The van der Waals surface area contributed by atoms with Crippen molar-refractivity contribution in [1.29, 1.82) is 0 Å². The summed E-state index contributed by atoms with van der Waals surface area (Å²) in [5, 5.41) is 3.39. The van der Waals surface area contributed by atoms with E-state index in [-0.39, 0.29) is 24.4 Å². The van der Waals surface area contributed by atoms with Crippen molar-refractivity contribution >= 4 is 11.8 Å². The van der Waals surface area contributed by atoms with E-state index in [9.17, 15) is 9.59 Å². The van der Waals surface area contributed by atoms with Crippen molar-refractivity contribution in [2.75, 3.05) is 20.8 Å². The number of hydrogen-bond donors (Lipinski definition) is 1. The van der Waals surface area contributed by atoms with Gasteiger partial charge in [0.25, 0.3) is 0 Å². The van der Waals surface area contributed by atoms with Gasteiger partial charge in [0.05, 0.1) is 38.4 Å². The van der Waals surface area contributed by atoms with Gasteiger partial charge in [-0.2, -0.15) is 0 Å². The zero-order chi connectivity index (χ0) is 26.7. The van der Waals surface area contributed by atoms with E-state index in [1.54, 1.807) is 21.1 Å². The summed E-state index contributed by atoms with van der Waals surface area (Å²) in [7, 11) is 3.20. The summed E-state index contributed by atoms with van der Waals surface area (Å²) >= 11 is 0. The van der Waals surface area contributed by atoms with Crippen LogP contribution in [0.1, 0.15) is 63.5 Å². The SMILES string of the molecule is CCOC(=O)C1=C(C)NC2=C(C(=O)C[C@H](c3ccc(OC)c(OC)c3)C2)[C@@H]1c1ccccc1OC(C)C. The van der Waals surface area contributed by atoms with Gasteiger partial charge in [-0.15, -0.1) is 0 Å². The molecule has 0 amide bonds. The lowest BCUT2D eigenvalue weighted by Gasteiger charge is -2.37. The molecule has 0 radical (unpaired) electrons. The summed E-state index contributed by atoms with van der Waals surface area (Å²) in [6.07, 6.45) is 0.867. The third kappa shape index (κ3) is 5.22. The smallest absolute Gasteiger partial charge is 0.336 e. The Bertz CT molecular complexity index is 1260. The summed E-state index contributed by atoms with van der Waals surface area (Å²) in [4.78, 5) is 27.1. The predicted octanol–water partition coefficient (Wildman–Crippen LogP) is 5.42. The number of rotatable bonds is 8. The summed E-state index contributed by atoms with van der Waals surface area (Å²) in [5.74, 6) is 0.861. The van der Waals surface area contributed by atoms with Gasteiger partial charge >= 0.3 is 5.97 Å². The van der Waals surface area contributed by atoms with E-state index in [4.69, 9.17) is 18.9 Å². The zero-order valence-corrected chi connectivity index (χ0v) is 22.3. The highest BCUT2D eigenvalue weighted by Crippen LogP contribution is 2.48. The first-order valence-electron chi connectivity index (χ1n) is 12.7. The molecule has 2 aromatic carbocycles. The Balaban J connectivity index is 1.81. The second kappa shape index (κ2) is 11.1. The van der Waals surface area contributed by atoms with E-state index in [0.29, 0.717) is 46.9 Å². The lowest BCUT2D eigenvalue weighted by atomic mass is 9.71. The molecule has 1 N–H and O–H groups in total. The van der Waals surface area contributed by atoms with Crippen LogP contribution in [0.15, 0.2) is 65.0 Å². The number of Topliss-reactive ketones (excluding diaryl/α,β-unsaturated/α-hetero) is 1. The molecule has 37 heavy (non-hydrogen) atoms. The first-order chi connectivity index (χ1) is 17.8. The molecule has 0 fully saturated rings. The Hall–Kier alpha value is -3.74. The molecule has 2 aliphatic rings. The summed E-state index contributed by atoms with van der Waals surface area (Å²) in [6, 6.07) is 13.4. The number of ether oxygens (including phenoxy) is 4. The highest BCUT2D eigenvalue weighted by molar-refractivity contribution is 6.04. The summed E-state index contributed by atoms with van der Waals surface area (Å²) < 4.78 is 22.4. The van der Waals surface area contributed by atoms with Gasteiger partial charge in [0.2, 0.25) is 0 Å². The van der Waals surface area contributed by atoms with Gasteiger partial charge in [-0.25, -0.2) is 4.79 Å². The van der Waals surface area contributed by atoms with Gasteiger partial charge in [-0.05, 0) is 63.8 Å².